The number of Topliss-reactive ketones (excluding diaryl/α,β-unsaturated/α-hetero) is 1. The van der Waals surface area contributed by atoms with Gasteiger partial charge in [-0.25, -0.2) is 14.4 Å². The maximum atomic E-state index is 12.7. The van der Waals surface area contributed by atoms with Crippen molar-refractivity contribution >= 4 is 29.8 Å². The van der Waals surface area contributed by atoms with Gasteiger partial charge in [0.1, 0.15) is 24.2 Å². The first-order valence-electron chi connectivity index (χ1n) is 11.5. The molecule has 0 unspecified atom stereocenters. The molecule has 1 aromatic rings. The monoisotopic (exact) mass is 492 g/mol. The summed E-state index contributed by atoms with van der Waals surface area (Å²) in [7, 11) is 1.55. The first kappa shape index (κ1) is 29.4. The highest BCUT2D eigenvalue weighted by Gasteiger charge is 2.23. The van der Waals surface area contributed by atoms with Gasteiger partial charge in [-0.3, -0.25) is 9.59 Å². The number of benzene rings is 1. The summed E-state index contributed by atoms with van der Waals surface area (Å²) in [5, 5.41) is 5.13. The second-order valence-corrected chi connectivity index (χ2v) is 8.64. The van der Waals surface area contributed by atoms with Crippen molar-refractivity contribution in [2.24, 2.45) is 11.7 Å². The minimum Gasteiger partial charge on any atom is -0.445 e. The Labute approximate surface area is 205 Å². The minimum atomic E-state index is -0.887. The van der Waals surface area contributed by atoms with Gasteiger partial charge in [0.05, 0.1) is 0 Å². The molecule has 0 saturated heterocycles. The molecule has 11 heteroatoms. The number of esters is 1. The van der Waals surface area contributed by atoms with Crippen LogP contribution in [0.4, 0.5) is 9.59 Å². The Morgan fingerprint density at radius 3 is 2.31 bits per heavy atom. The molecule has 4 amide bonds. The summed E-state index contributed by atoms with van der Waals surface area (Å²) >= 11 is 0. The van der Waals surface area contributed by atoms with Gasteiger partial charge in [0.25, 0.3) is 0 Å². The molecule has 0 aliphatic carbocycles. The summed E-state index contributed by atoms with van der Waals surface area (Å²) in [5.74, 6) is -0.526. The van der Waals surface area contributed by atoms with Gasteiger partial charge in [0.2, 0.25) is 5.91 Å². The quantitative estimate of drug-likeness (QED) is 0.204. The van der Waals surface area contributed by atoms with E-state index < -0.39 is 24.1 Å². The van der Waals surface area contributed by atoms with Crippen LogP contribution in [0.25, 0.3) is 0 Å². The molecule has 4 N–H and O–H groups in total. The van der Waals surface area contributed by atoms with Gasteiger partial charge in [-0.1, -0.05) is 26.0 Å². The molecule has 0 aliphatic rings. The van der Waals surface area contributed by atoms with Gasteiger partial charge in [0, 0.05) is 33.0 Å². The van der Waals surface area contributed by atoms with Crippen LogP contribution in [0.1, 0.15) is 52.0 Å². The lowest BCUT2D eigenvalue weighted by molar-refractivity contribution is -0.139. The van der Waals surface area contributed by atoms with E-state index in [0.29, 0.717) is 12.0 Å². The number of rotatable bonds is 14. The lowest BCUT2D eigenvalue weighted by Gasteiger charge is -2.18. The van der Waals surface area contributed by atoms with E-state index in [0.717, 1.165) is 0 Å². The van der Waals surface area contributed by atoms with Gasteiger partial charge in [-0.15, -0.1) is 0 Å². The number of ketones is 1. The summed E-state index contributed by atoms with van der Waals surface area (Å²) in [6.45, 7) is 5.79. The fraction of sp³-hybridized carbons (Fsp3) is 0.542. The summed E-state index contributed by atoms with van der Waals surface area (Å²) in [4.78, 5) is 60.0. The number of primary amides is 1. The number of carbonyl (C=O) groups excluding carboxylic acids is 5. The number of ether oxygens (including phenoxy) is 2. The summed E-state index contributed by atoms with van der Waals surface area (Å²) in [6.07, 6.45) is 0.643. The number of urea groups is 1. The molecule has 0 spiro atoms. The molecular formula is C24H36N4O7. The van der Waals surface area contributed by atoms with Crippen molar-refractivity contribution in [1.29, 1.82) is 0 Å². The van der Waals surface area contributed by atoms with Gasteiger partial charge < -0.3 is 30.7 Å². The first-order chi connectivity index (χ1) is 16.5. The molecule has 0 saturated carbocycles. The molecule has 1 aromatic carbocycles. The zero-order chi connectivity index (χ0) is 26.4. The van der Waals surface area contributed by atoms with Gasteiger partial charge >= 0.3 is 18.1 Å². The second kappa shape index (κ2) is 15.3. The van der Waals surface area contributed by atoms with Crippen molar-refractivity contribution in [3.05, 3.63) is 29.8 Å². The fourth-order valence-electron chi connectivity index (χ4n) is 2.90. The topological polar surface area (TPSA) is 157 Å². The van der Waals surface area contributed by atoms with Crippen LogP contribution >= 0.6 is 0 Å². The van der Waals surface area contributed by atoms with E-state index in [1.54, 1.807) is 31.3 Å². The van der Waals surface area contributed by atoms with Crippen molar-refractivity contribution in [3.8, 4) is 5.75 Å². The highest BCUT2D eigenvalue weighted by molar-refractivity contribution is 5.85. The van der Waals surface area contributed by atoms with Crippen LogP contribution in [0.3, 0.4) is 0 Å². The number of nitrogens with one attached hydrogen (secondary N) is 2. The van der Waals surface area contributed by atoms with Crippen LogP contribution < -0.4 is 21.1 Å². The molecule has 35 heavy (non-hydrogen) atoms. The molecule has 194 valence electrons. The van der Waals surface area contributed by atoms with Crippen molar-refractivity contribution in [1.82, 2.24) is 15.5 Å². The third kappa shape index (κ3) is 13.0. The van der Waals surface area contributed by atoms with Gasteiger partial charge in [-0.05, 0) is 43.4 Å². The van der Waals surface area contributed by atoms with Crippen LogP contribution in [0.5, 0.6) is 5.75 Å². The van der Waals surface area contributed by atoms with E-state index in [9.17, 15) is 24.0 Å². The molecule has 11 nitrogen and oxygen atoms in total. The SMILES string of the molecule is CC(=O)CCN(C)C(=O)OCc1ccc(OC(=O)[C@H](CCCNC(N)=O)NC(=O)CC(C)C)cc1. The van der Waals surface area contributed by atoms with E-state index >= 15 is 0 Å². The molecule has 1 rings (SSSR count). The van der Waals surface area contributed by atoms with Crippen molar-refractivity contribution < 1.29 is 33.4 Å². The van der Waals surface area contributed by atoms with E-state index in [-0.39, 0.29) is 62.3 Å². The molecular weight excluding hydrogens is 456 g/mol. The highest BCUT2D eigenvalue weighted by Crippen LogP contribution is 2.15. The number of nitrogens with zero attached hydrogens (tertiary/aromatic N) is 1. The van der Waals surface area contributed by atoms with Crippen LogP contribution in [0, 0.1) is 5.92 Å². The number of amides is 4. The average Bonchev–Trinajstić information content (AvgIpc) is 2.77. The Morgan fingerprint density at radius 1 is 1.09 bits per heavy atom. The van der Waals surface area contributed by atoms with Gasteiger partial charge in [0.15, 0.2) is 0 Å². The van der Waals surface area contributed by atoms with Crippen molar-refractivity contribution in [3.63, 3.8) is 0 Å². The van der Waals surface area contributed by atoms with E-state index in [1.807, 2.05) is 13.8 Å². The largest absolute Gasteiger partial charge is 0.445 e. The molecule has 0 bridgehead atoms. The number of carbonyl (C=O) groups is 5. The molecule has 0 heterocycles. The van der Waals surface area contributed by atoms with Crippen LogP contribution in [0.15, 0.2) is 24.3 Å². The maximum absolute atomic E-state index is 12.7. The summed E-state index contributed by atoms with van der Waals surface area (Å²) < 4.78 is 10.6. The Hall–Kier alpha value is -3.63. The van der Waals surface area contributed by atoms with E-state index in [2.05, 4.69) is 10.6 Å². The molecule has 0 aliphatic heterocycles. The van der Waals surface area contributed by atoms with E-state index in [1.165, 1.54) is 11.8 Å². The van der Waals surface area contributed by atoms with Crippen LogP contribution in [-0.2, 0) is 25.7 Å². The lowest BCUT2D eigenvalue weighted by Crippen LogP contribution is -2.44. The zero-order valence-corrected chi connectivity index (χ0v) is 20.8. The highest BCUT2D eigenvalue weighted by atomic mass is 16.6. The Kier molecular flexibility index (Phi) is 12.9. The van der Waals surface area contributed by atoms with Crippen LogP contribution in [-0.4, -0.2) is 60.9 Å². The molecule has 0 fully saturated rings. The molecule has 0 radical (unpaired) electrons. The van der Waals surface area contributed by atoms with Crippen LogP contribution in [0.2, 0.25) is 0 Å². The predicted molar refractivity (Wildman–Crippen MR) is 128 cm³/mol. The number of hydrogen-bond donors (Lipinski definition) is 3. The Bertz CT molecular complexity index is 871. The average molecular weight is 493 g/mol. The number of nitrogens with two attached hydrogens (primary N) is 1. The standard InChI is InChI=1S/C24H36N4O7/c1-16(2)14-21(30)27-20(6-5-12-26-23(25)32)22(31)35-19-9-7-18(8-10-19)15-34-24(33)28(4)13-11-17(3)29/h7-10,16,20H,5-6,11-15H2,1-4H3,(H,27,30)(H3,25,26,32)/t20-/m0/s1. The smallest absolute Gasteiger partial charge is 0.409 e. The summed E-state index contributed by atoms with van der Waals surface area (Å²) in [6, 6.07) is 4.86. The maximum Gasteiger partial charge on any atom is 0.409 e. The predicted octanol–water partition coefficient (Wildman–Crippen LogP) is 2.12. The third-order valence-corrected chi connectivity index (χ3v) is 4.80. The normalized spacial score (nSPS) is 11.3. The fourth-order valence-corrected chi connectivity index (χ4v) is 2.90. The molecule has 0 aromatic heterocycles. The third-order valence-electron chi connectivity index (χ3n) is 4.80. The Morgan fingerprint density at radius 2 is 1.74 bits per heavy atom. The lowest BCUT2D eigenvalue weighted by atomic mass is 10.1. The van der Waals surface area contributed by atoms with Crippen molar-refractivity contribution in [2.75, 3.05) is 20.1 Å². The summed E-state index contributed by atoms with van der Waals surface area (Å²) in [5.41, 5.74) is 5.72. The zero-order valence-electron chi connectivity index (χ0n) is 20.8. The van der Waals surface area contributed by atoms with Gasteiger partial charge in [-0.2, -0.15) is 0 Å². The first-order valence-corrected chi connectivity index (χ1v) is 11.5. The van der Waals surface area contributed by atoms with Crippen molar-refractivity contribution in [2.45, 2.75) is 59.1 Å². The number of hydrogen-bond acceptors (Lipinski definition) is 7. The minimum absolute atomic E-state index is 0.0121. The van der Waals surface area contributed by atoms with E-state index in [4.69, 9.17) is 15.2 Å². The second-order valence-electron chi connectivity index (χ2n) is 8.64. The Balaban J connectivity index is 2.65. The molecule has 1 atom stereocenters.